The lowest BCUT2D eigenvalue weighted by Gasteiger charge is -2.04. The molecule has 0 radical (unpaired) electrons. The van der Waals surface area contributed by atoms with Crippen LogP contribution in [0, 0.1) is 4.77 Å². The van der Waals surface area contributed by atoms with Gasteiger partial charge in [0.15, 0.2) is 4.77 Å². The van der Waals surface area contributed by atoms with Gasteiger partial charge >= 0.3 is 0 Å². The fraction of sp³-hybridized carbons (Fsp3) is 0. The van der Waals surface area contributed by atoms with Gasteiger partial charge in [0.2, 0.25) is 5.88 Å². The van der Waals surface area contributed by atoms with Gasteiger partial charge in [0.1, 0.15) is 5.56 Å². The minimum atomic E-state index is -0.580. The molecule has 21 heavy (non-hydrogen) atoms. The van der Waals surface area contributed by atoms with E-state index >= 15 is 0 Å². The molecule has 1 aliphatic heterocycles. The number of carbonyl (C=O) groups is 1. The van der Waals surface area contributed by atoms with Crippen LogP contribution < -0.4 is 16.1 Å². The molecule has 2 heterocycles. The maximum absolute atomic E-state index is 12.0. The molecule has 1 aromatic heterocycles. The molecule has 0 unspecified atom stereocenters. The number of rotatable bonds is 1. The van der Waals surface area contributed by atoms with Crippen LogP contribution in [-0.4, -0.2) is 21.0 Å². The zero-order valence-corrected chi connectivity index (χ0v) is 11.4. The van der Waals surface area contributed by atoms with Gasteiger partial charge in [-0.2, -0.15) is 0 Å². The summed E-state index contributed by atoms with van der Waals surface area (Å²) < 4.78 is 0.00799. The number of carbonyl (C=O) groups excluding carboxylic acids is 1. The first-order chi connectivity index (χ1) is 10.0. The first kappa shape index (κ1) is 13.2. The lowest BCUT2D eigenvalue weighted by Crippen LogP contribution is -2.30. The van der Waals surface area contributed by atoms with Crippen LogP contribution in [0.25, 0.3) is 12.2 Å². The SMILES string of the molecule is O=C1N=c2ccccc2=CC1=Cc1c(O)[nH]c(=S)[nH]c1=O. The largest absolute Gasteiger partial charge is 0.494 e. The Labute approximate surface area is 122 Å². The minimum absolute atomic E-state index is 0.00799. The normalized spacial score (nSPS) is 15.2. The Morgan fingerprint density at radius 1 is 1.19 bits per heavy atom. The molecule has 7 heteroatoms. The molecule has 0 spiro atoms. The molecule has 0 aliphatic carbocycles. The van der Waals surface area contributed by atoms with Gasteiger partial charge < -0.3 is 10.1 Å². The monoisotopic (exact) mass is 299 g/mol. The van der Waals surface area contributed by atoms with Crippen LogP contribution in [-0.2, 0) is 4.79 Å². The molecule has 1 aliphatic rings. The van der Waals surface area contributed by atoms with Gasteiger partial charge in [-0.25, -0.2) is 4.99 Å². The quantitative estimate of drug-likeness (QED) is 0.516. The number of para-hydroxylation sites is 1. The van der Waals surface area contributed by atoms with E-state index in [9.17, 15) is 14.7 Å². The van der Waals surface area contributed by atoms with Crippen molar-refractivity contribution in [3.8, 4) is 5.88 Å². The van der Waals surface area contributed by atoms with Crippen LogP contribution in [0.15, 0.2) is 39.6 Å². The van der Waals surface area contributed by atoms with Gasteiger partial charge in [-0.05, 0) is 30.4 Å². The number of amides is 1. The van der Waals surface area contributed by atoms with Crippen LogP contribution in [0.4, 0.5) is 0 Å². The lowest BCUT2D eigenvalue weighted by atomic mass is 10.1. The summed E-state index contributed by atoms with van der Waals surface area (Å²) in [6.07, 6.45) is 2.90. The predicted molar refractivity (Wildman–Crippen MR) is 78.6 cm³/mol. The van der Waals surface area contributed by atoms with E-state index in [0.717, 1.165) is 5.22 Å². The zero-order chi connectivity index (χ0) is 15.0. The first-order valence-electron chi connectivity index (χ1n) is 6.02. The molecular formula is C14H9N3O3S. The number of hydrogen-bond acceptors (Lipinski definition) is 4. The Bertz CT molecular complexity index is 1010. The maximum atomic E-state index is 12.0. The fourth-order valence-electron chi connectivity index (χ4n) is 1.99. The lowest BCUT2D eigenvalue weighted by molar-refractivity contribution is -0.114. The molecule has 0 saturated heterocycles. The summed E-state index contributed by atoms with van der Waals surface area (Å²) in [4.78, 5) is 32.4. The summed E-state index contributed by atoms with van der Waals surface area (Å²) in [6, 6.07) is 7.14. The van der Waals surface area contributed by atoms with Gasteiger partial charge in [-0.15, -0.1) is 0 Å². The van der Waals surface area contributed by atoms with Gasteiger partial charge in [-0.1, -0.05) is 18.2 Å². The third-order valence-corrected chi connectivity index (χ3v) is 3.18. The van der Waals surface area contributed by atoms with E-state index in [1.165, 1.54) is 6.08 Å². The second-order valence-corrected chi connectivity index (χ2v) is 4.80. The van der Waals surface area contributed by atoms with E-state index in [-0.39, 0.29) is 15.9 Å². The number of aromatic amines is 2. The molecule has 1 amide bonds. The fourth-order valence-corrected chi connectivity index (χ4v) is 2.18. The van der Waals surface area contributed by atoms with E-state index in [4.69, 9.17) is 12.2 Å². The average molecular weight is 299 g/mol. The molecule has 3 N–H and O–H groups in total. The number of fused-ring (bicyclic) bond motifs is 1. The maximum Gasteiger partial charge on any atom is 0.277 e. The number of nitrogens with zero attached hydrogens (tertiary/aromatic N) is 1. The van der Waals surface area contributed by atoms with Gasteiger partial charge in [0.25, 0.3) is 11.5 Å². The van der Waals surface area contributed by atoms with Crippen molar-refractivity contribution in [1.29, 1.82) is 0 Å². The van der Waals surface area contributed by atoms with E-state index in [1.807, 2.05) is 12.1 Å². The van der Waals surface area contributed by atoms with Gasteiger partial charge in [0.05, 0.1) is 5.36 Å². The smallest absolute Gasteiger partial charge is 0.277 e. The van der Waals surface area contributed by atoms with Crippen LogP contribution in [0.2, 0.25) is 0 Å². The van der Waals surface area contributed by atoms with Crippen LogP contribution in [0.1, 0.15) is 5.56 Å². The summed E-state index contributed by atoms with van der Waals surface area (Å²) in [6.45, 7) is 0. The molecule has 0 atom stereocenters. The van der Waals surface area contributed by atoms with Crippen molar-refractivity contribution in [2.24, 2.45) is 4.99 Å². The highest BCUT2D eigenvalue weighted by atomic mass is 32.1. The van der Waals surface area contributed by atoms with Crippen molar-refractivity contribution in [3.05, 3.63) is 61.1 Å². The number of aromatic nitrogens is 2. The highest BCUT2D eigenvalue weighted by molar-refractivity contribution is 7.71. The average Bonchev–Trinajstić information content (AvgIpc) is 2.43. The van der Waals surface area contributed by atoms with E-state index in [2.05, 4.69) is 15.0 Å². The number of hydrogen-bond donors (Lipinski definition) is 3. The second kappa shape index (κ2) is 4.95. The first-order valence-corrected chi connectivity index (χ1v) is 6.42. The Morgan fingerprint density at radius 2 is 1.95 bits per heavy atom. The summed E-state index contributed by atoms with van der Waals surface area (Å²) in [7, 11) is 0. The standard InChI is InChI=1S/C14H9N3O3S/c18-11-8(5-7-3-1-2-4-10(7)15-11)6-9-12(19)16-14(21)17-13(9)20/h1-6H,(H3,16,17,19,20,21). The molecule has 3 rings (SSSR count). The summed E-state index contributed by atoms with van der Waals surface area (Å²) in [5, 5.41) is 11.1. The number of aromatic hydroxyl groups is 1. The highest BCUT2D eigenvalue weighted by Crippen LogP contribution is 2.14. The van der Waals surface area contributed by atoms with Crippen molar-refractivity contribution >= 4 is 30.3 Å². The van der Waals surface area contributed by atoms with Crippen molar-refractivity contribution in [3.63, 3.8) is 0 Å². The van der Waals surface area contributed by atoms with E-state index in [1.54, 1.807) is 18.2 Å². The number of H-pyrrole nitrogens is 2. The predicted octanol–water partition coefficient (Wildman–Crippen LogP) is 0.162. The van der Waals surface area contributed by atoms with Crippen LogP contribution >= 0.6 is 12.2 Å². The Kier molecular flexibility index (Phi) is 3.11. The van der Waals surface area contributed by atoms with Crippen molar-refractivity contribution in [2.45, 2.75) is 0 Å². The molecule has 104 valence electrons. The van der Waals surface area contributed by atoms with Crippen molar-refractivity contribution < 1.29 is 9.90 Å². The summed E-state index contributed by atoms with van der Waals surface area (Å²) in [5.74, 6) is -0.869. The Hall–Kier alpha value is -2.80. The molecule has 0 saturated carbocycles. The molecule has 1 aromatic carbocycles. The third kappa shape index (κ3) is 2.46. The molecular weight excluding hydrogens is 290 g/mol. The zero-order valence-electron chi connectivity index (χ0n) is 10.6. The minimum Gasteiger partial charge on any atom is -0.494 e. The highest BCUT2D eigenvalue weighted by Gasteiger charge is 2.13. The van der Waals surface area contributed by atoms with Gasteiger partial charge in [-0.3, -0.25) is 14.6 Å². The van der Waals surface area contributed by atoms with E-state index in [0.29, 0.717) is 5.36 Å². The molecule has 0 fully saturated rings. The summed E-state index contributed by atoms with van der Waals surface area (Å²) >= 11 is 4.74. The third-order valence-electron chi connectivity index (χ3n) is 2.98. The topological polar surface area (TPSA) is 98.3 Å². The molecule has 2 aromatic rings. The van der Waals surface area contributed by atoms with Crippen molar-refractivity contribution in [1.82, 2.24) is 9.97 Å². The second-order valence-electron chi connectivity index (χ2n) is 4.39. The molecule has 0 bridgehead atoms. The summed E-state index contributed by atoms with van der Waals surface area (Å²) in [5.41, 5.74) is -0.443. The van der Waals surface area contributed by atoms with Gasteiger partial charge in [0, 0.05) is 10.8 Å². The Balaban J connectivity index is 2.23. The van der Waals surface area contributed by atoms with Crippen molar-refractivity contribution in [2.75, 3.05) is 0 Å². The van der Waals surface area contributed by atoms with Crippen LogP contribution in [0.5, 0.6) is 5.88 Å². The molecule has 6 nitrogen and oxygen atoms in total. The Morgan fingerprint density at radius 3 is 2.71 bits per heavy atom. The number of benzene rings is 1. The van der Waals surface area contributed by atoms with E-state index < -0.39 is 17.3 Å². The van der Waals surface area contributed by atoms with Crippen LogP contribution in [0.3, 0.4) is 0 Å². The number of nitrogens with one attached hydrogen (secondary N) is 2.